The second-order valence-corrected chi connectivity index (χ2v) is 10.8. The molecule has 0 aliphatic heterocycles. The molecule has 2 rings (SSSR count). The number of halogens is 4. The second kappa shape index (κ2) is 8.63. The lowest BCUT2D eigenvalue weighted by Crippen LogP contribution is -2.41. The molecule has 0 fully saturated rings. The Bertz CT molecular complexity index is 1490. The smallest absolute Gasteiger partial charge is 0.292 e. The lowest BCUT2D eigenvalue weighted by atomic mass is 10.1. The van der Waals surface area contributed by atoms with Crippen molar-refractivity contribution in [1.29, 1.82) is 5.26 Å². The largest absolute Gasteiger partial charge is 0.431 e. The molecular weight excluding hydrogens is 496 g/mol. The summed E-state index contributed by atoms with van der Waals surface area (Å²) in [5.74, 6) is -2.16. The molecule has 10 nitrogen and oxygen atoms in total. The summed E-state index contributed by atoms with van der Waals surface area (Å²) in [6.07, 6.45) is -4.64. The quantitative estimate of drug-likeness (QED) is 0.528. The van der Waals surface area contributed by atoms with Crippen molar-refractivity contribution in [3.63, 3.8) is 0 Å². The Morgan fingerprint density at radius 3 is 2.15 bits per heavy atom. The number of hydrogen-bond acceptors (Lipinski definition) is 7. The van der Waals surface area contributed by atoms with Gasteiger partial charge < -0.3 is 0 Å². The SMILES string of the molecule is CCCS(=O)(=O)N(c1cc(-n2c(=O)cc(C(F)(F)F)n(C)c2=O)c(F)cc1C#N)S(C)(=O)=O. The lowest BCUT2D eigenvalue weighted by molar-refractivity contribution is -0.144. The zero-order chi connectivity index (χ0) is 25.5. The Morgan fingerprint density at radius 2 is 1.70 bits per heavy atom. The van der Waals surface area contributed by atoms with E-state index in [0.717, 1.165) is 0 Å². The molecule has 16 heteroatoms. The van der Waals surface area contributed by atoms with Gasteiger partial charge in [0.15, 0.2) is 0 Å². The number of benzene rings is 1. The Hall–Kier alpha value is -3.19. The molecule has 0 N–H and O–H groups in total. The van der Waals surface area contributed by atoms with Gasteiger partial charge in [0.2, 0.25) is 20.0 Å². The molecule has 33 heavy (non-hydrogen) atoms. The summed E-state index contributed by atoms with van der Waals surface area (Å²) in [6.45, 7) is 1.42. The van der Waals surface area contributed by atoms with Crippen molar-refractivity contribution < 1.29 is 34.4 Å². The summed E-state index contributed by atoms with van der Waals surface area (Å²) >= 11 is 0. The molecule has 0 radical (unpaired) electrons. The summed E-state index contributed by atoms with van der Waals surface area (Å²) in [5, 5.41) is 9.30. The molecule has 0 bridgehead atoms. The number of alkyl halides is 3. The Balaban J connectivity index is 3.02. The third-order valence-electron chi connectivity index (χ3n) is 4.25. The number of aromatic nitrogens is 2. The van der Waals surface area contributed by atoms with Crippen molar-refractivity contribution in [2.24, 2.45) is 7.05 Å². The zero-order valence-electron chi connectivity index (χ0n) is 17.2. The topological polar surface area (TPSA) is 139 Å². The molecule has 180 valence electrons. The minimum absolute atomic E-state index is 0.0148. The maximum absolute atomic E-state index is 14.7. The minimum Gasteiger partial charge on any atom is -0.292 e. The molecular formula is C17H16F4N4O6S2. The van der Waals surface area contributed by atoms with Crippen LogP contribution < -0.4 is 15.0 Å². The van der Waals surface area contributed by atoms with Crippen LogP contribution >= 0.6 is 0 Å². The van der Waals surface area contributed by atoms with E-state index in [2.05, 4.69) is 0 Å². The van der Waals surface area contributed by atoms with Gasteiger partial charge in [-0.1, -0.05) is 6.92 Å². The number of sulfonamides is 2. The number of anilines is 1. The number of rotatable bonds is 6. The van der Waals surface area contributed by atoms with E-state index in [-0.39, 0.29) is 25.3 Å². The summed E-state index contributed by atoms with van der Waals surface area (Å²) in [5.41, 5.74) is -7.64. The maximum Gasteiger partial charge on any atom is 0.431 e. The van der Waals surface area contributed by atoms with Crippen molar-refractivity contribution in [2.75, 3.05) is 15.7 Å². The van der Waals surface area contributed by atoms with Crippen LogP contribution in [0.1, 0.15) is 24.6 Å². The van der Waals surface area contributed by atoms with Crippen molar-refractivity contribution in [1.82, 2.24) is 9.13 Å². The molecule has 2 aromatic rings. The van der Waals surface area contributed by atoms with E-state index in [0.29, 0.717) is 25.4 Å². The number of nitriles is 1. The van der Waals surface area contributed by atoms with E-state index in [9.17, 15) is 49.2 Å². The summed E-state index contributed by atoms with van der Waals surface area (Å²) in [7, 11) is -8.61. The molecule has 0 amide bonds. The third kappa shape index (κ3) is 4.93. The molecule has 0 atom stereocenters. The second-order valence-electron chi connectivity index (χ2n) is 6.75. The number of nitrogens with zero attached hydrogens (tertiary/aromatic N) is 4. The van der Waals surface area contributed by atoms with Gasteiger partial charge in [-0.25, -0.2) is 30.6 Å². The molecule has 0 spiro atoms. The third-order valence-corrected chi connectivity index (χ3v) is 8.17. The molecule has 1 aromatic heterocycles. The molecule has 0 aliphatic rings. The van der Waals surface area contributed by atoms with Crippen LogP contribution in [-0.4, -0.2) is 38.0 Å². The maximum atomic E-state index is 14.7. The predicted octanol–water partition coefficient (Wildman–Crippen LogP) is 1.07. The first-order chi connectivity index (χ1) is 15.0. The van der Waals surface area contributed by atoms with Gasteiger partial charge in [0.25, 0.3) is 5.56 Å². The fourth-order valence-electron chi connectivity index (χ4n) is 2.96. The standard InChI is InChI=1S/C17H16F4N4O6S2/c1-4-5-33(30,31)25(32(3,28)29)12-7-13(11(18)6-10(12)9-22)24-15(26)8-14(17(19,20)21)23(2)16(24)27/h6-8H,4-5H2,1-3H3. The highest BCUT2D eigenvalue weighted by Gasteiger charge is 2.36. The van der Waals surface area contributed by atoms with Gasteiger partial charge >= 0.3 is 11.9 Å². The highest BCUT2D eigenvalue weighted by molar-refractivity contribution is 8.09. The van der Waals surface area contributed by atoms with E-state index < -0.39 is 71.7 Å². The van der Waals surface area contributed by atoms with Crippen LogP contribution in [0.2, 0.25) is 0 Å². The van der Waals surface area contributed by atoms with Crippen molar-refractivity contribution in [3.8, 4) is 11.8 Å². The van der Waals surface area contributed by atoms with Crippen LogP contribution in [0, 0.1) is 17.1 Å². The van der Waals surface area contributed by atoms with Gasteiger partial charge in [-0.15, -0.1) is 0 Å². The van der Waals surface area contributed by atoms with Gasteiger partial charge in [-0.3, -0.25) is 9.36 Å². The van der Waals surface area contributed by atoms with Crippen LogP contribution in [0.3, 0.4) is 0 Å². The fourth-order valence-corrected chi connectivity index (χ4v) is 6.47. The molecule has 1 heterocycles. The summed E-state index contributed by atoms with van der Waals surface area (Å²) in [4.78, 5) is 24.8. The minimum atomic E-state index is -5.10. The van der Waals surface area contributed by atoms with Crippen LogP contribution in [0.15, 0.2) is 27.8 Å². The van der Waals surface area contributed by atoms with Crippen LogP contribution in [0.25, 0.3) is 5.69 Å². The zero-order valence-corrected chi connectivity index (χ0v) is 18.8. The average molecular weight is 512 g/mol. The van der Waals surface area contributed by atoms with Gasteiger partial charge in [0.05, 0.1) is 28.9 Å². The Morgan fingerprint density at radius 1 is 1.12 bits per heavy atom. The van der Waals surface area contributed by atoms with Gasteiger partial charge in [0, 0.05) is 13.1 Å². The first kappa shape index (κ1) is 26.1. The molecule has 0 aliphatic carbocycles. The van der Waals surface area contributed by atoms with Crippen molar-refractivity contribution in [3.05, 3.63) is 56.1 Å². The van der Waals surface area contributed by atoms with E-state index in [1.807, 2.05) is 0 Å². The van der Waals surface area contributed by atoms with Gasteiger partial charge in [-0.2, -0.15) is 22.1 Å². The monoisotopic (exact) mass is 512 g/mol. The van der Waals surface area contributed by atoms with Gasteiger partial charge in [-0.05, 0) is 18.6 Å². The van der Waals surface area contributed by atoms with E-state index in [1.54, 1.807) is 0 Å². The lowest BCUT2D eigenvalue weighted by Gasteiger charge is -2.23. The van der Waals surface area contributed by atoms with E-state index >= 15 is 0 Å². The van der Waals surface area contributed by atoms with Gasteiger partial charge in [0.1, 0.15) is 17.6 Å². The average Bonchev–Trinajstić information content (AvgIpc) is 2.64. The van der Waals surface area contributed by atoms with Crippen molar-refractivity contribution >= 4 is 25.7 Å². The first-order valence-electron chi connectivity index (χ1n) is 8.84. The molecule has 1 aromatic carbocycles. The number of hydrogen-bond donors (Lipinski definition) is 0. The Labute approximate surface area is 185 Å². The molecule has 0 unspecified atom stereocenters. The Kier molecular flexibility index (Phi) is 6.82. The van der Waals surface area contributed by atoms with Crippen LogP contribution in [-0.2, 0) is 33.3 Å². The molecule has 0 saturated heterocycles. The summed E-state index contributed by atoms with van der Waals surface area (Å²) in [6, 6.07) is 2.23. The van der Waals surface area contributed by atoms with Crippen LogP contribution in [0.4, 0.5) is 23.2 Å². The summed E-state index contributed by atoms with van der Waals surface area (Å²) < 4.78 is 104. The molecule has 0 saturated carbocycles. The van der Waals surface area contributed by atoms with Crippen LogP contribution in [0.5, 0.6) is 0 Å². The fraction of sp³-hybridized carbons (Fsp3) is 0.353. The normalized spacial score (nSPS) is 12.4. The predicted molar refractivity (Wildman–Crippen MR) is 108 cm³/mol. The van der Waals surface area contributed by atoms with Crippen molar-refractivity contribution in [2.45, 2.75) is 19.5 Å². The highest BCUT2D eigenvalue weighted by atomic mass is 32.3. The first-order valence-corrected chi connectivity index (χ1v) is 12.3. The van der Waals surface area contributed by atoms with E-state index in [4.69, 9.17) is 0 Å². The van der Waals surface area contributed by atoms with E-state index in [1.165, 1.54) is 13.0 Å². The highest BCUT2D eigenvalue weighted by Crippen LogP contribution is 2.31.